The third-order valence-electron chi connectivity index (χ3n) is 3.04. The van der Waals surface area contributed by atoms with E-state index in [-0.39, 0.29) is 11.3 Å². The Balaban J connectivity index is 2.09. The average Bonchev–Trinajstić information content (AvgIpc) is 2.46. The second-order valence-electron chi connectivity index (χ2n) is 4.66. The SMILES string of the molecule is CCCCc1ccc(C(F)(F)Oc2cc[c]cc2)cc1. The molecule has 0 aliphatic heterocycles. The van der Waals surface area contributed by atoms with E-state index >= 15 is 0 Å². The monoisotopic (exact) mass is 275 g/mol. The first kappa shape index (κ1) is 14.5. The molecule has 0 heterocycles. The van der Waals surface area contributed by atoms with Crippen LogP contribution >= 0.6 is 0 Å². The van der Waals surface area contributed by atoms with Crippen LogP contribution in [0.1, 0.15) is 30.9 Å². The number of alkyl halides is 2. The molecule has 2 aromatic carbocycles. The molecule has 0 fully saturated rings. The van der Waals surface area contributed by atoms with E-state index in [2.05, 4.69) is 13.0 Å². The lowest BCUT2D eigenvalue weighted by molar-refractivity contribution is -0.185. The lowest BCUT2D eigenvalue weighted by Gasteiger charge is -2.18. The molecule has 1 nitrogen and oxygen atoms in total. The van der Waals surface area contributed by atoms with Crippen molar-refractivity contribution in [2.45, 2.75) is 32.3 Å². The molecule has 105 valence electrons. The van der Waals surface area contributed by atoms with Gasteiger partial charge < -0.3 is 4.74 Å². The summed E-state index contributed by atoms with van der Waals surface area (Å²) < 4.78 is 32.7. The first-order valence-electron chi connectivity index (χ1n) is 6.74. The minimum Gasteiger partial charge on any atom is -0.429 e. The lowest BCUT2D eigenvalue weighted by atomic mass is 10.1. The Bertz CT molecular complexity index is 520. The number of ether oxygens (including phenoxy) is 1. The van der Waals surface area contributed by atoms with Gasteiger partial charge in [-0.3, -0.25) is 0 Å². The normalized spacial score (nSPS) is 11.3. The average molecular weight is 275 g/mol. The van der Waals surface area contributed by atoms with E-state index in [0.717, 1.165) is 24.8 Å². The predicted octanol–water partition coefficient (Wildman–Crippen LogP) is 4.96. The van der Waals surface area contributed by atoms with Crippen molar-refractivity contribution >= 4 is 0 Å². The molecule has 0 N–H and O–H groups in total. The Morgan fingerprint density at radius 2 is 1.70 bits per heavy atom. The highest BCUT2D eigenvalue weighted by molar-refractivity contribution is 5.27. The van der Waals surface area contributed by atoms with Gasteiger partial charge in [0, 0.05) is 0 Å². The van der Waals surface area contributed by atoms with Gasteiger partial charge >= 0.3 is 6.11 Å². The molecular weight excluding hydrogens is 258 g/mol. The molecule has 0 spiro atoms. The zero-order valence-corrected chi connectivity index (χ0v) is 11.4. The highest BCUT2D eigenvalue weighted by Gasteiger charge is 2.34. The van der Waals surface area contributed by atoms with Gasteiger partial charge in [0.05, 0.1) is 5.56 Å². The summed E-state index contributed by atoms with van der Waals surface area (Å²) in [6.07, 6.45) is -0.263. The largest absolute Gasteiger partial charge is 0.429 e. The van der Waals surface area contributed by atoms with E-state index in [1.54, 1.807) is 24.3 Å². The van der Waals surface area contributed by atoms with Crippen LogP contribution in [-0.4, -0.2) is 0 Å². The molecule has 3 heteroatoms. The maximum absolute atomic E-state index is 14.0. The fraction of sp³-hybridized carbons (Fsp3) is 0.294. The van der Waals surface area contributed by atoms with Gasteiger partial charge in [-0.1, -0.05) is 37.6 Å². The molecule has 0 amide bonds. The lowest BCUT2D eigenvalue weighted by Crippen LogP contribution is -2.21. The molecular formula is C17H17F2O. The van der Waals surface area contributed by atoms with Crippen molar-refractivity contribution < 1.29 is 13.5 Å². The minimum absolute atomic E-state index is 0.129. The summed E-state index contributed by atoms with van der Waals surface area (Å²) in [6, 6.07) is 15.1. The van der Waals surface area contributed by atoms with Crippen LogP contribution < -0.4 is 4.74 Å². The van der Waals surface area contributed by atoms with Crippen molar-refractivity contribution in [3.05, 3.63) is 65.7 Å². The second-order valence-corrected chi connectivity index (χ2v) is 4.66. The molecule has 1 radical (unpaired) electrons. The van der Waals surface area contributed by atoms with E-state index < -0.39 is 6.11 Å². The molecule has 2 rings (SSSR count). The van der Waals surface area contributed by atoms with Gasteiger partial charge in [0.1, 0.15) is 5.75 Å². The molecule has 0 aromatic heterocycles. The summed E-state index contributed by atoms with van der Waals surface area (Å²) in [6.45, 7) is 2.10. The molecule has 0 aliphatic carbocycles. The summed E-state index contributed by atoms with van der Waals surface area (Å²) >= 11 is 0. The quantitative estimate of drug-likeness (QED) is 0.724. The predicted molar refractivity (Wildman–Crippen MR) is 74.9 cm³/mol. The van der Waals surface area contributed by atoms with E-state index in [1.165, 1.54) is 24.3 Å². The van der Waals surface area contributed by atoms with Crippen LogP contribution in [-0.2, 0) is 12.5 Å². The molecule has 20 heavy (non-hydrogen) atoms. The number of aryl methyl sites for hydroxylation is 1. The number of benzene rings is 2. The first-order chi connectivity index (χ1) is 9.62. The van der Waals surface area contributed by atoms with Crippen molar-refractivity contribution in [3.8, 4) is 5.75 Å². The zero-order chi connectivity index (χ0) is 14.4. The molecule has 0 saturated carbocycles. The molecule has 0 bridgehead atoms. The number of halogens is 2. The fourth-order valence-electron chi connectivity index (χ4n) is 1.89. The van der Waals surface area contributed by atoms with Crippen LogP contribution in [0.3, 0.4) is 0 Å². The van der Waals surface area contributed by atoms with Crippen molar-refractivity contribution in [2.24, 2.45) is 0 Å². The van der Waals surface area contributed by atoms with Crippen molar-refractivity contribution in [1.29, 1.82) is 0 Å². The Hall–Kier alpha value is -1.90. The van der Waals surface area contributed by atoms with Crippen LogP contribution in [0.2, 0.25) is 0 Å². The van der Waals surface area contributed by atoms with Crippen LogP contribution in [0.5, 0.6) is 5.75 Å². The van der Waals surface area contributed by atoms with Gasteiger partial charge in [-0.2, -0.15) is 8.78 Å². The number of hydrogen-bond acceptors (Lipinski definition) is 1. The van der Waals surface area contributed by atoms with E-state index in [0.29, 0.717) is 0 Å². The van der Waals surface area contributed by atoms with E-state index in [9.17, 15) is 8.78 Å². The molecule has 0 saturated heterocycles. The van der Waals surface area contributed by atoms with Gasteiger partial charge in [0.25, 0.3) is 0 Å². The molecule has 0 aliphatic rings. The van der Waals surface area contributed by atoms with E-state index in [1.807, 2.05) is 0 Å². The topological polar surface area (TPSA) is 9.23 Å². The van der Waals surface area contributed by atoms with Crippen molar-refractivity contribution in [1.82, 2.24) is 0 Å². The third kappa shape index (κ3) is 3.80. The van der Waals surface area contributed by atoms with Gasteiger partial charge in [0.2, 0.25) is 0 Å². The smallest absolute Gasteiger partial charge is 0.426 e. The number of unbranched alkanes of at least 4 members (excludes halogenated alkanes) is 1. The summed E-state index contributed by atoms with van der Waals surface area (Å²) in [5, 5.41) is 0. The minimum atomic E-state index is -3.33. The summed E-state index contributed by atoms with van der Waals surface area (Å²) in [5.41, 5.74) is 0.936. The van der Waals surface area contributed by atoms with Crippen molar-refractivity contribution in [2.75, 3.05) is 0 Å². The van der Waals surface area contributed by atoms with Crippen molar-refractivity contribution in [3.63, 3.8) is 0 Å². The highest BCUT2D eigenvalue weighted by Crippen LogP contribution is 2.31. The first-order valence-corrected chi connectivity index (χ1v) is 6.74. The van der Waals surface area contributed by atoms with Crippen LogP contribution in [0.25, 0.3) is 0 Å². The standard InChI is InChI=1S/C17H17F2O/c1-2-3-7-14-10-12-15(13-11-14)17(18,19)20-16-8-5-4-6-9-16/h5-6,8-13H,2-3,7H2,1H3. The highest BCUT2D eigenvalue weighted by atomic mass is 19.3. The summed E-state index contributed by atoms with van der Waals surface area (Å²) in [7, 11) is 0. The van der Waals surface area contributed by atoms with Crippen LogP contribution in [0.4, 0.5) is 8.78 Å². The van der Waals surface area contributed by atoms with Crippen LogP contribution in [0.15, 0.2) is 48.5 Å². The summed E-state index contributed by atoms with van der Waals surface area (Å²) in [5.74, 6) is 0.129. The Kier molecular flexibility index (Phi) is 4.72. The van der Waals surface area contributed by atoms with Gasteiger partial charge in [-0.25, -0.2) is 0 Å². The maximum atomic E-state index is 14.0. The molecule has 0 unspecified atom stereocenters. The molecule has 2 aromatic rings. The third-order valence-corrected chi connectivity index (χ3v) is 3.04. The Morgan fingerprint density at radius 3 is 2.30 bits per heavy atom. The number of hydrogen-bond donors (Lipinski definition) is 0. The van der Waals surface area contributed by atoms with E-state index in [4.69, 9.17) is 4.74 Å². The van der Waals surface area contributed by atoms with Gasteiger partial charge in [-0.05, 0) is 48.7 Å². The van der Waals surface area contributed by atoms with Gasteiger partial charge in [0.15, 0.2) is 0 Å². The maximum Gasteiger partial charge on any atom is 0.426 e. The Morgan fingerprint density at radius 1 is 1.05 bits per heavy atom. The molecule has 0 atom stereocenters. The number of rotatable bonds is 6. The fourth-order valence-corrected chi connectivity index (χ4v) is 1.89. The van der Waals surface area contributed by atoms with Gasteiger partial charge in [-0.15, -0.1) is 0 Å². The Labute approximate surface area is 118 Å². The zero-order valence-electron chi connectivity index (χ0n) is 11.4. The second kappa shape index (κ2) is 6.51. The summed E-state index contributed by atoms with van der Waals surface area (Å²) in [4.78, 5) is 0. The van der Waals surface area contributed by atoms with Crippen LogP contribution in [0, 0.1) is 6.07 Å².